The summed E-state index contributed by atoms with van der Waals surface area (Å²) >= 11 is 3.37. The van der Waals surface area contributed by atoms with Crippen LogP contribution in [-0.2, 0) is 9.59 Å². The van der Waals surface area contributed by atoms with Gasteiger partial charge in [0.1, 0.15) is 0 Å². The van der Waals surface area contributed by atoms with Crippen LogP contribution in [-0.4, -0.2) is 18.2 Å². The van der Waals surface area contributed by atoms with E-state index in [2.05, 4.69) is 15.9 Å². The molecule has 1 saturated heterocycles. The van der Waals surface area contributed by atoms with E-state index in [1.807, 2.05) is 30.3 Å². The van der Waals surface area contributed by atoms with Crippen molar-refractivity contribution in [3.8, 4) is 6.07 Å². The average molecular weight is 321 g/mol. The molecule has 0 bridgehead atoms. The van der Waals surface area contributed by atoms with Gasteiger partial charge < -0.3 is 4.90 Å². The van der Waals surface area contributed by atoms with Crippen molar-refractivity contribution >= 4 is 33.3 Å². The lowest BCUT2D eigenvalue weighted by Crippen LogP contribution is -2.44. The molecule has 1 aliphatic rings. The molecular weight excluding hydrogens is 308 g/mol. The fraction of sp³-hybridized carbons (Fsp3) is 0.357. The third kappa shape index (κ3) is 3.02. The second-order valence-electron chi connectivity index (χ2n) is 4.47. The number of rotatable bonds is 3. The molecule has 0 aromatic heterocycles. The van der Waals surface area contributed by atoms with E-state index in [0.29, 0.717) is 13.0 Å². The van der Waals surface area contributed by atoms with Gasteiger partial charge >= 0.3 is 0 Å². The standard InChI is InChI=1S/C14H13BrN2O2/c15-10-3-1-4-11(9-10)17-8-2-5-12(14(17)19)13(18)6-7-16/h1,3-4,9,12H,2,5-6,8H2/t12-/m0/s1. The molecule has 1 aromatic carbocycles. The number of nitrogens with zero attached hydrogens (tertiary/aromatic N) is 2. The number of hydrogen-bond donors (Lipinski definition) is 0. The molecule has 1 aliphatic heterocycles. The largest absolute Gasteiger partial charge is 0.312 e. The van der Waals surface area contributed by atoms with Crippen molar-refractivity contribution in [2.24, 2.45) is 5.92 Å². The van der Waals surface area contributed by atoms with Crippen molar-refractivity contribution in [1.82, 2.24) is 0 Å². The van der Waals surface area contributed by atoms with E-state index in [9.17, 15) is 9.59 Å². The van der Waals surface area contributed by atoms with E-state index in [1.165, 1.54) is 0 Å². The minimum atomic E-state index is -0.660. The van der Waals surface area contributed by atoms with E-state index in [1.54, 1.807) is 4.90 Å². The minimum absolute atomic E-state index is 0.190. The van der Waals surface area contributed by atoms with Gasteiger partial charge in [-0.05, 0) is 31.0 Å². The highest BCUT2D eigenvalue weighted by atomic mass is 79.9. The Hall–Kier alpha value is -1.67. The molecule has 2 rings (SSSR count). The van der Waals surface area contributed by atoms with Gasteiger partial charge in [0.05, 0.1) is 18.4 Å². The van der Waals surface area contributed by atoms with E-state index < -0.39 is 5.92 Å². The maximum absolute atomic E-state index is 12.3. The van der Waals surface area contributed by atoms with E-state index in [4.69, 9.17) is 5.26 Å². The lowest BCUT2D eigenvalue weighted by Gasteiger charge is -2.31. The van der Waals surface area contributed by atoms with Crippen molar-refractivity contribution in [1.29, 1.82) is 5.26 Å². The molecule has 0 radical (unpaired) electrons. The second kappa shape index (κ2) is 5.98. The van der Waals surface area contributed by atoms with Crippen LogP contribution < -0.4 is 4.90 Å². The fourth-order valence-corrected chi connectivity index (χ4v) is 2.66. The molecule has 1 atom stereocenters. The molecular formula is C14H13BrN2O2. The molecule has 1 aromatic rings. The number of carbonyl (C=O) groups excluding carboxylic acids is 2. The van der Waals surface area contributed by atoms with Crippen molar-refractivity contribution in [2.45, 2.75) is 19.3 Å². The molecule has 0 aliphatic carbocycles. The zero-order chi connectivity index (χ0) is 13.8. The number of Topliss-reactive ketones (excluding diaryl/α,β-unsaturated/α-hetero) is 1. The Kier molecular flexibility index (Phi) is 4.33. The van der Waals surface area contributed by atoms with Gasteiger partial charge in [-0.25, -0.2) is 0 Å². The zero-order valence-electron chi connectivity index (χ0n) is 10.3. The van der Waals surface area contributed by atoms with Crippen molar-refractivity contribution in [3.05, 3.63) is 28.7 Å². The third-order valence-corrected chi connectivity index (χ3v) is 3.69. The Balaban J connectivity index is 2.21. The first kappa shape index (κ1) is 13.8. The van der Waals surface area contributed by atoms with Crippen molar-refractivity contribution < 1.29 is 9.59 Å². The highest BCUT2D eigenvalue weighted by Crippen LogP contribution is 2.27. The smallest absolute Gasteiger partial charge is 0.237 e. The van der Waals surface area contributed by atoms with Gasteiger partial charge in [-0.3, -0.25) is 9.59 Å². The predicted molar refractivity (Wildman–Crippen MR) is 74.5 cm³/mol. The average Bonchev–Trinajstić information content (AvgIpc) is 2.39. The summed E-state index contributed by atoms with van der Waals surface area (Å²) in [6, 6.07) is 9.26. The second-order valence-corrected chi connectivity index (χ2v) is 5.38. The van der Waals surface area contributed by atoms with Gasteiger partial charge in [0.15, 0.2) is 5.78 Å². The summed E-state index contributed by atoms with van der Waals surface area (Å²) < 4.78 is 0.892. The fourth-order valence-electron chi connectivity index (χ4n) is 2.28. The number of amides is 1. The van der Waals surface area contributed by atoms with Crippen LogP contribution in [0.25, 0.3) is 0 Å². The molecule has 1 fully saturated rings. The number of nitriles is 1. The summed E-state index contributed by atoms with van der Waals surface area (Å²) in [5, 5.41) is 8.57. The van der Waals surface area contributed by atoms with Crippen LogP contribution in [0.5, 0.6) is 0 Å². The van der Waals surface area contributed by atoms with E-state index in [-0.39, 0.29) is 18.1 Å². The maximum Gasteiger partial charge on any atom is 0.237 e. The number of anilines is 1. The number of ketones is 1. The molecule has 5 heteroatoms. The lowest BCUT2D eigenvalue weighted by atomic mass is 9.91. The van der Waals surface area contributed by atoms with Gasteiger partial charge in [-0.1, -0.05) is 22.0 Å². The summed E-state index contributed by atoms with van der Waals surface area (Å²) in [6.45, 7) is 0.617. The SMILES string of the molecule is N#CCC(=O)[C@@H]1CCCN(c2cccc(Br)c2)C1=O. The highest BCUT2D eigenvalue weighted by molar-refractivity contribution is 9.10. The summed E-state index contributed by atoms with van der Waals surface area (Å²) in [7, 11) is 0. The van der Waals surface area contributed by atoms with Crippen LogP contribution in [0.1, 0.15) is 19.3 Å². The van der Waals surface area contributed by atoms with E-state index >= 15 is 0 Å². The summed E-state index contributed by atoms with van der Waals surface area (Å²) in [4.78, 5) is 25.7. The summed E-state index contributed by atoms with van der Waals surface area (Å²) in [5.74, 6) is -1.12. The Morgan fingerprint density at radius 2 is 2.32 bits per heavy atom. The molecule has 19 heavy (non-hydrogen) atoms. The zero-order valence-corrected chi connectivity index (χ0v) is 11.9. The first-order valence-electron chi connectivity index (χ1n) is 6.10. The number of hydrogen-bond acceptors (Lipinski definition) is 3. The maximum atomic E-state index is 12.3. The molecule has 0 unspecified atom stereocenters. The topological polar surface area (TPSA) is 61.2 Å². The minimum Gasteiger partial charge on any atom is -0.312 e. The third-order valence-electron chi connectivity index (χ3n) is 3.20. The monoisotopic (exact) mass is 320 g/mol. The Morgan fingerprint density at radius 1 is 1.53 bits per heavy atom. The Morgan fingerprint density at radius 3 is 3.00 bits per heavy atom. The van der Waals surface area contributed by atoms with Gasteiger partial charge in [-0.2, -0.15) is 5.26 Å². The molecule has 4 nitrogen and oxygen atoms in total. The van der Waals surface area contributed by atoms with Crippen LogP contribution in [0.2, 0.25) is 0 Å². The molecule has 0 spiro atoms. The Bertz CT molecular complexity index is 551. The van der Waals surface area contributed by atoms with Gasteiger partial charge in [-0.15, -0.1) is 0 Å². The first-order valence-corrected chi connectivity index (χ1v) is 6.89. The number of piperidine rings is 1. The van der Waals surface area contributed by atoms with Crippen LogP contribution in [0.15, 0.2) is 28.7 Å². The van der Waals surface area contributed by atoms with Gasteiger partial charge in [0, 0.05) is 16.7 Å². The molecule has 1 heterocycles. The van der Waals surface area contributed by atoms with Gasteiger partial charge in [0.2, 0.25) is 5.91 Å². The van der Waals surface area contributed by atoms with Crippen LogP contribution in [0.4, 0.5) is 5.69 Å². The van der Waals surface area contributed by atoms with Crippen molar-refractivity contribution in [3.63, 3.8) is 0 Å². The molecule has 0 N–H and O–H groups in total. The molecule has 0 saturated carbocycles. The summed E-state index contributed by atoms with van der Waals surface area (Å²) in [6.07, 6.45) is 1.13. The molecule has 1 amide bonds. The highest BCUT2D eigenvalue weighted by Gasteiger charge is 2.34. The van der Waals surface area contributed by atoms with Gasteiger partial charge in [0.25, 0.3) is 0 Å². The quantitative estimate of drug-likeness (QED) is 0.804. The van der Waals surface area contributed by atoms with E-state index in [0.717, 1.165) is 16.6 Å². The lowest BCUT2D eigenvalue weighted by molar-refractivity contribution is -0.133. The van der Waals surface area contributed by atoms with Crippen LogP contribution in [0.3, 0.4) is 0 Å². The normalized spacial score (nSPS) is 19.1. The number of benzene rings is 1. The number of carbonyl (C=O) groups is 2. The van der Waals surface area contributed by atoms with Crippen molar-refractivity contribution in [2.75, 3.05) is 11.4 Å². The van der Waals surface area contributed by atoms with Crippen LogP contribution >= 0.6 is 15.9 Å². The first-order chi connectivity index (χ1) is 9.13. The van der Waals surface area contributed by atoms with Crippen LogP contribution in [0, 0.1) is 17.2 Å². The summed E-state index contributed by atoms with van der Waals surface area (Å²) in [5.41, 5.74) is 0.786. The molecule has 98 valence electrons. The Labute approximate surface area is 120 Å². The number of halogens is 1. The predicted octanol–water partition coefficient (Wildman–Crippen LogP) is 2.67.